The lowest BCUT2D eigenvalue weighted by molar-refractivity contribution is 0.0927. The molecule has 4 heteroatoms. The fourth-order valence-corrected chi connectivity index (χ4v) is 2.53. The number of nitrogens with two attached hydrogens (primary N) is 1. The van der Waals surface area contributed by atoms with Crippen LogP contribution in [0, 0.1) is 18.8 Å². The summed E-state index contributed by atoms with van der Waals surface area (Å²) in [6.07, 6.45) is 6.59. The minimum Gasteiger partial charge on any atom is -0.398 e. The Morgan fingerprint density at radius 1 is 1.39 bits per heavy atom. The number of hydrogen-bond acceptors (Lipinski definition) is 3. The van der Waals surface area contributed by atoms with Crippen molar-refractivity contribution < 1.29 is 4.79 Å². The van der Waals surface area contributed by atoms with E-state index in [4.69, 9.17) is 5.73 Å². The van der Waals surface area contributed by atoms with E-state index < -0.39 is 0 Å². The SMILES string of the molecule is Cc1cc(N)c(C(=O)NC(C2CC2)C2CC2)cn1. The second kappa shape index (κ2) is 4.26. The van der Waals surface area contributed by atoms with E-state index in [1.54, 1.807) is 12.3 Å². The van der Waals surface area contributed by atoms with Crippen LogP contribution in [0.5, 0.6) is 0 Å². The van der Waals surface area contributed by atoms with Gasteiger partial charge in [0.15, 0.2) is 0 Å². The summed E-state index contributed by atoms with van der Waals surface area (Å²) < 4.78 is 0. The molecule has 0 unspecified atom stereocenters. The first-order valence-electron chi connectivity index (χ1n) is 6.68. The normalized spacial score (nSPS) is 19.0. The number of nitrogens with zero attached hydrogens (tertiary/aromatic N) is 1. The van der Waals surface area contributed by atoms with Crippen molar-refractivity contribution in [2.45, 2.75) is 38.6 Å². The van der Waals surface area contributed by atoms with E-state index in [0.717, 1.165) is 5.69 Å². The van der Waals surface area contributed by atoms with Gasteiger partial charge in [-0.25, -0.2) is 0 Å². The fraction of sp³-hybridized carbons (Fsp3) is 0.571. The van der Waals surface area contributed by atoms with Crippen molar-refractivity contribution in [2.75, 3.05) is 5.73 Å². The van der Waals surface area contributed by atoms with Crippen LogP contribution in [0.1, 0.15) is 41.7 Å². The topological polar surface area (TPSA) is 68.0 Å². The van der Waals surface area contributed by atoms with Crippen molar-refractivity contribution in [2.24, 2.45) is 11.8 Å². The Hall–Kier alpha value is -1.58. The lowest BCUT2D eigenvalue weighted by Gasteiger charge is -2.18. The third-order valence-electron chi connectivity index (χ3n) is 3.87. The number of hydrogen-bond donors (Lipinski definition) is 2. The highest BCUT2D eigenvalue weighted by atomic mass is 16.1. The van der Waals surface area contributed by atoms with Crippen molar-refractivity contribution in [3.63, 3.8) is 0 Å². The average Bonchev–Trinajstić information content (AvgIpc) is 3.17. The summed E-state index contributed by atoms with van der Waals surface area (Å²) in [5.41, 5.74) is 7.74. The van der Waals surface area contributed by atoms with E-state index in [2.05, 4.69) is 10.3 Å². The standard InChI is InChI=1S/C14H19N3O/c1-8-6-12(15)11(7-16-8)14(18)17-13(9-2-3-9)10-4-5-10/h6-7,9-10,13H,2-5H2,1H3,(H2,15,16)(H,17,18). The number of anilines is 1. The molecule has 3 N–H and O–H groups in total. The van der Waals surface area contributed by atoms with E-state index in [0.29, 0.717) is 29.1 Å². The molecule has 0 spiro atoms. The number of nitrogen functional groups attached to an aromatic ring is 1. The van der Waals surface area contributed by atoms with Crippen molar-refractivity contribution in [3.05, 3.63) is 23.5 Å². The summed E-state index contributed by atoms with van der Waals surface area (Å²) >= 11 is 0. The van der Waals surface area contributed by atoms with Crippen LogP contribution >= 0.6 is 0 Å². The molecule has 1 aromatic rings. The van der Waals surface area contributed by atoms with Crippen LogP contribution in [0.2, 0.25) is 0 Å². The summed E-state index contributed by atoms with van der Waals surface area (Å²) in [5, 5.41) is 3.16. The van der Waals surface area contributed by atoms with Gasteiger partial charge in [-0.1, -0.05) is 0 Å². The van der Waals surface area contributed by atoms with Gasteiger partial charge in [0.1, 0.15) is 0 Å². The molecule has 2 fully saturated rings. The van der Waals surface area contributed by atoms with Crippen LogP contribution < -0.4 is 11.1 Å². The zero-order valence-corrected chi connectivity index (χ0v) is 10.6. The molecule has 0 radical (unpaired) electrons. The first kappa shape index (κ1) is 11.5. The van der Waals surface area contributed by atoms with Crippen molar-refractivity contribution in [3.8, 4) is 0 Å². The first-order chi connectivity index (χ1) is 8.65. The Balaban J connectivity index is 1.73. The van der Waals surface area contributed by atoms with Gasteiger partial charge in [-0.05, 0) is 50.5 Å². The Kier molecular flexibility index (Phi) is 2.73. The van der Waals surface area contributed by atoms with Gasteiger partial charge in [-0.3, -0.25) is 9.78 Å². The minimum absolute atomic E-state index is 0.0659. The van der Waals surface area contributed by atoms with E-state index in [-0.39, 0.29) is 5.91 Å². The number of rotatable bonds is 4. The highest BCUT2D eigenvalue weighted by Crippen LogP contribution is 2.44. The number of aromatic nitrogens is 1. The van der Waals surface area contributed by atoms with Crippen LogP contribution in [-0.4, -0.2) is 16.9 Å². The maximum absolute atomic E-state index is 12.2. The third-order valence-corrected chi connectivity index (χ3v) is 3.87. The Bertz CT molecular complexity index is 466. The van der Waals surface area contributed by atoms with Crippen molar-refractivity contribution in [1.82, 2.24) is 10.3 Å². The summed E-state index contributed by atoms with van der Waals surface area (Å²) in [6.45, 7) is 1.87. The van der Waals surface area contributed by atoms with E-state index in [9.17, 15) is 4.79 Å². The molecular weight excluding hydrogens is 226 g/mol. The highest BCUT2D eigenvalue weighted by Gasteiger charge is 2.42. The van der Waals surface area contributed by atoms with Crippen molar-refractivity contribution >= 4 is 11.6 Å². The number of aryl methyl sites for hydroxylation is 1. The van der Waals surface area contributed by atoms with Crippen LogP contribution in [0.3, 0.4) is 0 Å². The number of amides is 1. The largest absolute Gasteiger partial charge is 0.398 e. The molecule has 0 aromatic carbocycles. The molecular formula is C14H19N3O. The number of carbonyl (C=O) groups is 1. The first-order valence-corrected chi connectivity index (χ1v) is 6.68. The molecule has 0 atom stereocenters. The van der Waals surface area contributed by atoms with Gasteiger partial charge in [0.25, 0.3) is 5.91 Å². The van der Waals surface area contributed by atoms with Crippen LogP contribution in [0.25, 0.3) is 0 Å². The molecule has 2 aliphatic carbocycles. The van der Waals surface area contributed by atoms with E-state index in [1.807, 2.05) is 6.92 Å². The molecule has 0 aliphatic heterocycles. The van der Waals surface area contributed by atoms with E-state index >= 15 is 0 Å². The molecule has 2 saturated carbocycles. The number of pyridine rings is 1. The summed E-state index contributed by atoms with van der Waals surface area (Å²) in [4.78, 5) is 16.4. The lowest BCUT2D eigenvalue weighted by Crippen LogP contribution is -2.38. The van der Waals surface area contributed by atoms with E-state index in [1.165, 1.54) is 25.7 Å². The van der Waals surface area contributed by atoms with Gasteiger partial charge in [0.2, 0.25) is 0 Å². The molecule has 2 aliphatic rings. The predicted octanol–water partition coefficient (Wildman–Crippen LogP) is 1.89. The molecule has 1 heterocycles. The van der Waals surface area contributed by atoms with Gasteiger partial charge in [-0.2, -0.15) is 0 Å². The molecule has 0 bridgehead atoms. The summed E-state index contributed by atoms with van der Waals surface area (Å²) in [5.74, 6) is 1.32. The minimum atomic E-state index is -0.0659. The van der Waals surface area contributed by atoms with Crippen LogP contribution in [0.15, 0.2) is 12.3 Å². The predicted molar refractivity (Wildman–Crippen MR) is 70.1 cm³/mol. The van der Waals surface area contributed by atoms with Crippen LogP contribution in [-0.2, 0) is 0 Å². The molecule has 18 heavy (non-hydrogen) atoms. The fourth-order valence-electron chi connectivity index (χ4n) is 2.53. The molecule has 4 nitrogen and oxygen atoms in total. The Labute approximate surface area is 107 Å². The zero-order valence-electron chi connectivity index (χ0n) is 10.6. The van der Waals surface area contributed by atoms with Gasteiger partial charge < -0.3 is 11.1 Å². The van der Waals surface area contributed by atoms with Gasteiger partial charge in [-0.15, -0.1) is 0 Å². The molecule has 96 valence electrons. The van der Waals surface area contributed by atoms with Crippen LogP contribution in [0.4, 0.5) is 5.69 Å². The van der Waals surface area contributed by atoms with Gasteiger partial charge >= 0.3 is 0 Å². The molecule has 0 saturated heterocycles. The van der Waals surface area contributed by atoms with Crippen molar-refractivity contribution in [1.29, 1.82) is 0 Å². The zero-order chi connectivity index (χ0) is 12.7. The number of carbonyl (C=O) groups excluding carboxylic acids is 1. The van der Waals surface area contributed by atoms with Gasteiger partial charge in [0, 0.05) is 23.6 Å². The smallest absolute Gasteiger partial charge is 0.255 e. The average molecular weight is 245 g/mol. The second-order valence-electron chi connectivity index (χ2n) is 5.59. The van der Waals surface area contributed by atoms with Gasteiger partial charge in [0.05, 0.1) is 5.56 Å². The lowest BCUT2D eigenvalue weighted by atomic mass is 10.1. The molecule has 3 rings (SSSR count). The Morgan fingerprint density at radius 2 is 2.00 bits per heavy atom. The number of nitrogens with one attached hydrogen (secondary N) is 1. The quantitative estimate of drug-likeness (QED) is 0.851. The Morgan fingerprint density at radius 3 is 2.50 bits per heavy atom. The summed E-state index contributed by atoms with van der Waals surface area (Å²) in [7, 11) is 0. The maximum Gasteiger partial charge on any atom is 0.255 e. The maximum atomic E-state index is 12.2. The highest BCUT2D eigenvalue weighted by molar-refractivity contribution is 5.99. The monoisotopic (exact) mass is 245 g/mol. The second-order valence-corrected chi connectivity index (χ2v) is 5.59. The molecule has 1 aromatic heterocycles. The summed E-state index contributed by atoms with van der Waals surface area (Å²) in [6, 6.07) is 2.11. The molecule has 1 amide bonds. The third kappa shape index (κ3) is 2.33.